The van der Waals surface area contributed by atoms with Crippen LogP contribution in [0.2, 0.25) is 0 Å². The first-order valence-corrected chi connectivity index (χ1v) is 9.71. The van der Waals surface area contributed by atoms with E-state index in [9.17, 15) is 42.6 Å². The van der Waals surface area contributed by atoms with Crippen LogP contribution in [0, 0.1) is 10.1 Å². The molecule has 0 spiro atoms. The lowest BCUT2D eigenvalue weighted by molar-refractivity contribution is -0.384. The van der Waals surface area contributed by atoms with Crippen molar-refractivity contribution in [1.82, 2.24) is 0 Å². The normalized spacial score (nSPS) is 13.1. The van der Waals surface area contributed by atoms with Crippen molar-refractivity contribution in [2.75, 3.05) is 0 Å². The fourth-order valence-electron chi connectivity index (χ4n) is 2.62. The number of nitro groups is 1. The Morgan fingerprint density at radius 1 is 1.03 bits per heavy atom. The average Bonchev–Trinajstić information content (AvgIpc) is 2.69. The van der Waals surface area contributed by atoms with Crippen LogP contribution in [-0.2, 0) is 35.8 Å². The van der Waals surface area contributed by atoms with Gasteiger partial charge >= 0.3 is 11.9 Å². The van der Waals surface area contributed by atoms with Crippen LogP contribution in [0.4, 0.5) is 5.69 Å². The third-order valence-corrected chi connectivity index (χ3v) is 5.15. The first-order chi connectivity index (χ1) is 14.0. The number of aliphatic carboxylic acids is 1. The highest BCUT2D eigenvalue weighted by molar-refractivity contribution is 7.87. The molecule has 158 valence electrons. The number of hydrogen-bond donors (Lipinski definition) is 2. The summed E-state index contributed by atoms with van der Waals surface area (Å²) in [7, 11) is -5.31. The molecule has 12 heteroatoms. The average molecular weight is 437 g/mol. The van der Waals surface area contributed by atoms with Gasteiger partial charge in [-0.05, 0) is 23.3 Å². The Hall–Kier alpha value is -3.64. The highest BCUT2D eigenvalue weighted by atomic mass is 32.2. The second kappa shape index (κ2) is 9.24. The largest absolute Gasteiger partial charge is 0.481 e. The molecule has 2 aromatic rings. The molecule has 0 aliphatic carbocycles. The molecule has 0 bridgehead atoms. The predicted molar refractivity (Wildman–Crippen MR) is 100 cm³/mol. The van der Waals surface area contributed by atoms with Gasteiger partial charge in [-0.1, -0.05) is 30.3 Å². The Labute approximate surface area is 169 Å². The van der Waals surface area contributed by atoms with E-state index < -0.39 is 50.5 Å². The van der Waals surface area contributed by atoms with Crippen LogP contribution in [0.15, 0.2) is 54.6 Å². The highest BCUT2D eigenvalue weighted by Gasteiger charge is 2.47. The Bertz CT molecular complexity index is 1060. The van der Waals surface area contributed by atoms with Gasteiger partial charge in [-0.25, -0.2) is 4.79 Å². The lowest BCUT2D eigenvalue weighted by Gasteiger charge is -2.20. The van der Waals surface area contributed by atoms with Crippen molar-refractivity contribution in [1.29, 1.82) is 0 Å². The number of non-ortho nitro benzene ring substituents is 1. The number of nitrogens with zero attached hydrogens (tertiary/aromatic N) is 1. The van der Waals surface area contributed by atoms with Gasteiger partial charge in [-0.15, -0.1) is 0 Å². The van der Waals surface area contributed by atoms with Crippen molar-refractivity contribution in [2.45, 2.75) is 17.8 Å². The van der Waals surface area contributed by atoms with Gasteiger partial charge in [-0.3, -0.25) is 24.3 Å². The molecular formula is C18H15NO10S. The van der Waals surface area contributed by atoms with Gasteiger partial charge in [0.1, 0.15) is 12.5 Å². The number of carbonyl (C=O) groups excluding carboxylic acids is 2. The third-order valence-electron chi connectivity index (χ3n) is 4.03. The van der Waals surface area contributed by atoms with E-state index in [-0.39, 0.29) is 16.8 Å². The molecule has 2 aromatic carbocycles. The summed E-state index contributed by atoms with van der Waals surface area (Å²) in [5.41, 5.74) is -0.0908. The fourth-order valence-corrected chi connectivity index (χ4v) is 3.60. The molecule has 0 aliphatic heterocycles. The van der Waals surface area contributed by atoms with E-state index in [2.05, 4.69) is 0 Å². The van der Waals surface area contributed by atoms with E-state index in [1.54, 1.807) is 0 Å². The maximum Gasteiger partial charge on any atom is 0.376 e. The van der Waals surface area contributed by atoms with Crippen LogP contribution in [-0.4, -0.2) is 46.0 Å². The number of carbonyl (C=O) groups is 3. The molecule has 0 fully saturated rings. The van der Waals surface area contributed by atoms with E-state index in [1.807, 2.05) is 0 Å². The number of rotatable bonds is 9. The predicted octanol–water partition coefficient (Wildman–Crippen LogP) is 1.33. The molecule has 0 aromatic heterocycles. The molecule has 2 unspecified atom stereocenters. The summed E-state index contributed by atoms with van der Waals surface area (Å²) in [6.45, 7) is -0.538. The summed E-state index contributed by atoms with van der Waals surface area (Å²) < 4.78 is 37.7. The summed E-state index contributed by atoms with van der Waals surface area (Å²) in [4.78, 5) is 46.1. The molecular weight excluding hydrogens is 422 g/mol. The molecule has 2 rings (SSSR count). The lowest BCUT2D eigenvalue weighted by Crippen LogP contribution is -2.43. The Morgan fingerprint density at radius 3 is 2.07 bits per heavy atom. The minimum absolute atomic E-state index is 0.121. The number of nitro benzene ring substituents is 1. The van der Waals surface area contributed by atoms with Crippen molar-refractivity contribution in [3.05, 3.63) is 75.8 Å². The summed E-state index contributed by atoms with van der Waals surface area (Å²) in [5, 5.41) is 17.4. The van der Waals surface area contributed by atoms with Crippen LogP contribution in [0.25, 0.3) is 0 Å². The van der Waals surface area contributed by atoms with Gasteiger partial charge < -0.3 is 9.84 Å². The van der Waals surface area contributed by atoms with Crippen LogP contribution in [0.1, 0.15) is 17.0 Å². The van der Waals surface area contributed by atoms with Crippen LogP contribution < -0.4 is 0 Å². The number of Topliss-reactive ketones (excluding diaryl/α,β-unsaturated/α-hetero) is 1. The Balaban J connectivity index is 2.25. The summed E-state index contributed by atoms with van der Waals surface area (Å²) in [6, 6.07) is 11.5. The Kier molecular flexibility index (Phi) is 6.97. The van der Waals surface area contributed by atoms with Crippen molar-refractivity contribution < 1.29 is 42.1 Å². The molecule has 0 saturated heterocycles. The number of hydrogen-bond acceptors (Lipinski definition) is 8. The fraction of sp³-hybridized carbons (Fsp3) is 0.167. The van der Waals surface area contributed by atoms with Gasteiger partial charge in [0.15, 0.2) is 5.25 Å². The molecule has 2 N–H and O–H groups in total. The monoisotopic (exact) mass is 437 g/mol. The topological polar surface area (TPSA) is 178 Å². The van der Waals surface area contributed by atoms with Crippen molar-refractivity contribution in [3.63, 3.8) is 0 Å². The van der Waals surface area contributed by atoms with Crippen LogP contribution in [0.5, 0.6) is 0 Å². The number of esters is 1. The highest BCUT2D eigenvalue weighted by Crippen LogP contribution is 2.26. The minimum atomic E-state index is -5.31. The molecule has 11 nitrogen and oxygen atoms in total. The zero-order valence-corrected chi connectivity index (χ0v) is 15.9. The first-order valence-electron chi connectivity index (χ1n) is 8.20. The second-order valence-electron chi connectivity index (χ2n) is 6.03. The molecule has 0 saturated carbocycles. The zero-order valence-electron chi connectivity index (χ0n) is 15.1. The van der Waals surface area contributed by atoms with Crippen molar-refractivity contribution in [3.8, 4) is 0 Å². The first kappa shape index (κ1) is 22.6. The summed E-state index contributed by atoms with van der Waals surface area (Å²) in [6.07, 6.45) is 0. The van der Waals surface area contributed by atoms with Crippen molar-refractivity contribution >= 4 is 33.5 Å². The second-order valence-corrected chi connectivity index (χ2v) is 7.56. The van der Waals surface area contributed by atoms with Crippen molar-refractivity contribution in [2.24, 2.45) is 0 Å². The number of carboxylic acids is 1. The Morgan fingerprint density at radius 2 is 1.60 bits per heavy atom. The molecule has 0 heterocycles. The maximum atomic E-state index is 12.4. The van der Waals surface area contributed by atoms with E-state index in [1.165, 1.54) is 42.5 Å². The third kappa shape index (κ3) is 5.46. The maximum absolute atomic E-state index is 12.4. The molecule has 30 heavy (non-hydrogen) atoms. The molecule has 0 aliphatic rings. The smallest absolute Gasteiger partial charge is 0.376 e. The van der Waals surface area contributed by atoms with Gasteiger partial charge in [0.05, 0.1) is 4.92 Å². The number of benzene rings is 2. The number of ketones is 1. The zero-order chi connectivity index (χ0) is 22.5. The number of ether oxygens (including phenoxy) is 1. The molecule has 0 amide bonds. The molecule has 2 atom stereocenters. The summed E-state index contributed by atoms with van der Waals surface area (Å²) in [5.74, 6) is -7.25. The standard InChI is InChI=1S/C18H15NO10S/c20-15(18(23)29-10-11-6-8-13(9-7-11)19(24)25)16(30(26,27)28)14(17(21)22)12-4-2-1-3-5-12/h1-9,14,16H,10H2,(H,21,22)(H,26,27,28). The van der Waals surface area contributed by atoms with Gasteiger partial charge in [-0.2, -0.15) is 8.42 Å². The lowest BCUT2D eigenvalue weighted by atomic mass is 9.93. The van der Waals surface area contributed by atoms with Gasteiger partial charge in [0.2, 0.25) is 0 Å². The van der Waals surface area contributed by atoms with Crippen LogP contribution >= 0.6 is 0 Å². The quantitative estimate of drug-likeness (QED) is 0.191. The summed E-state index contributed by atoms with van der Waals surface area (Å²) >= 11 is 0. The SMILES string of the molecule is O=C(OCc1ccc([N+](=O)[O-])cc1)C(=O)C(C(C(=O)O)c1ccccc1)S(=O)(=O)O. The molecule has 0 radical (unpaired) electrons. The van der Waals surface area contributed by atoms with Crippen LogP contribution in [0.3, 0.4) is 0 Å². The van der Waals surface area contributed by atoms with Gasteiger partial charge in [0.25, 0.3) is 21.6 Å². The van der Waals surface area contributed by atoms with E-state index in [0.717, 1.165) is 12.1 Å². The minimum Gasteiger partial charge on any atom is -0.481 e. The van der Waals surface area contributed by atoms with E-state index in [0.29, 0.717) is 0 Å². The van der Waals surface area contributed by atoms with E-state index >= 15 is 0 Å². The van der Waals surface area contributed by atoms with Gasteiger partial charge in [0, 0.05) is 12.1 Å². The number of carboxylic acid groups (broad SMARTS) is 1. The van der Waals surface area contributed by atoms with E-state index in [4.69, 9.17) is 4.74 Å².